The molecule has 0 bridgehead atoms. The Hall–Kier alpha value is -1.47. The predicted molar refractivity (Wildman–Crippen MR) is 337 cm³/mol. The Morgan fingerprint density at radius 3 is 1.11 bits per heavy atom. The third-order valence-electron chi connectivity index (χ3n) is 18.1. The van der Waals surface area contributed by atoms with Gasteiger partial charge < -0.3 is 89.9 Å². The number of hydrogen-bond acceptors (Lipinski definition) is 18. The summed E-state index contributed by atoms with van der Waals surface area (Å²) in [6.07, 6.45) is 28.5. The van der Waals surface area contributed by atoms with Gasteiger partial charge in [-0.3, -0.25) is 4.79 Å². The van der Waals surface area contributed by atoms with Gasteiger partial charge in [-0.15, -0.1) is 0 Å². The number of hydrogen-bond donors (Lipinski definition) is 12. The highest BCUT2D eigenvalue weighted by Crippen LogP contribution is 2.33. The quantitative estimate of drug-likeness (QED) is 0.0199. The molecule has 0 aliphatic carbocycles. The van der Waals surface area contributed by atoms with Crippen LogP contribution >= 0.6 is 0 Å². The van der Waals surface area contributed by atoms with Crippen LogP contribution in [0.25, 0.3) is 0 Å². The molecule has 3 rings (SSSR count). The van der Waals surface area contributed by atoms with Gasteiger partial charge >= 0.3 is 0 Å². The number of aliphatic hydroxyl groups excluding tert-OH is 11. The van der Waals surface area contributed by atoms with Crippen LogP contribution in [-0.4, -0.2) is 193 Å². The lowest BCUT2D eigenvalue weighted by atomic mass is 9.96. The van der Waals surface area contributed by atoms with Crippen molar-refractivity contribution in [3.63, 3.8) is 0 Å². The standard InChI is InChI=1S/C68H129NO18/c1-3-5-7-9-11-13-15-17-19-21-23-24-25-26-28-29-31-33-35-37-39-41-43-45-52(73)51(69-56(74)46-44-42-40-38-36-34-32-30-27-22-20-18-16-14-12-10-8-6-4-2)50-82-66-62(80)59(77)64(54(48-71)84-66)87-68-63(81)60(78)65(55(49-72)85-68)86-67-61(79)58(76)57(75)53(47-70)83-67/h18,20,51-55,57-68,70-73,75-81H,3-17,19,21-50H2,1-2H3,(H,69,74)/b20-18-. The summed E-state index contributed by atoms with van der Waals surface area (Å²) in [5.74, 6) is -0.241. The number of amides is 1. The van der Waals surface area contributed by atoms with Gasteiger partial charge in [-0.05, 0) is 38.5 Å². The smallest absolute Gasteiger partial charge is 0.220 e. The van der Waals surface area contributed by atoms with Gasteiger partial charge in [0.25, 0.3) is 0 Å². The molecule has 3 aliphatic rings. The average Bonchev–Trinajstić information content (AvgIpc) is 2.87. The average molecular weight is 1250 g/mol. The molecule has 0 aromatic heterocycles. The molecule has 0 saturated carbocycles. The maximum absolute atomic E-state index is 13.4. The number of nitrogens with one attached hydrogen (secondary N) is 1. The van der Waals surface area contributed by atoms with Gasteiger partial charge in [0.15, 0.2) is 18.9 Å². The molecule has 17 unspecified atom stereocenters. The maximum atomic E-state index is 13.4. The highest BCUT2D eigenvalue weighted by atomic mass is 16.8. The van der Waals surface area contributed by atoms with E-state index < -0.39 is 124 Å². The van der Waals surface area contributed by atoms with Gasteiger partial charge in [-0.25, -0.2) is 0 Å². The van der Waals surface area contributed by atoms with Crippen LogP contribution in [0.1, 0.15) is 284 Å². The van der Waals surface area contributed by atoms with E-state index in [0.717, 1.165) is 51.4 Å². The lowest BCUT2D eigenvalue weighted by Crippen LogP contribution is -2.66. The zero-order valence-corrected chi connectivity index (χ0v) is 54.3. The fraction of sp³-hybridized carbons (Fsp3) is 0.956. The van der Waals surface area contributed by atoms with E-state index in [4.69, 9.17) is 28.4 Å². The first-order valence-corrected chi connectivity index (χ1v) is 35.4. The number of allylic oxidation sites excluding steroid dienone is 2. The van der Waals surface area contributed by atoms with Crippen LogP contribution in [0.4, 0.5) is 0 Å². The lowest BCUT2D eigenvalue weighted by Gasteiger charge is -2.48. The van der Waals surface area contributed by atoms with E-state index in [1.165, 1.54) is 199 Å². The summed E-state index contributed by atoms with van der Waals surface area (Å²) in [6.45, 7) is 1.83. The summed E-state index contributed by atoms with van der Waals surface area (Å²) in [6, 6.07) is -0.886. The van der Waals surface area contributed by atoms with Gasteiger partial charge in [0.2, 0.25) is 5.91 Å². The van der Waals surface area contributed by atoms with E-state index >= 15 is 0 Å². The molecule has 0 spiro atoms. The number of ether oxygens (including phenoxy) is 6. The molecule has 0 aromatic rings. The maximum Gasteiger partial charge on any atom is 0.220 e. The Kier molecular flexibility index (Phi) is 46.8. The molecule has 19 heteroatoms. The first kappa shape index (κ1) is 79.8. The molecule has 12 N–H and O–H groups in total. The Morgan fingerprint density at radius 1 is 0.402 bits per heavy atom. The Balaban J connectivity index is 1.43. The molecule has 19 nitrogen and oxygen atoms in total. The van der Waals surface area contributed by atoms with Crippen LogP contribution < -0.4 is 5.32 Å². The van der Waals surface area contributed by atoms with Gasteiger partial charge in [0.05, 0.1) is 38.6 Å². The van der Waals surface area contributed by atoms with Gasteiger partial charge in [-0.2, -0.15) is 0 Å². The number of aliphatic hydroxyl groups is 11. The van der Waals surface area contributed by atoms with Crippen LogP contribution in [0.3, 0.4) is 0 Å². The van der Waals surface area contributed by atoms with Crippen molar-refractivity contribution < 1.29 is 89.4 Å². The van der Waals surface area contributed by atoms with Crippen LogP contribution in [0, 0.1) is 0 Å². The van der Waals surface area contributed by atoms with Gasteiger partial charge in [-0.1, -0.05) is 251 Å². The second kappa shape index (κ2) is 51.0. The van der Waals surface area contributed by atoms with Crippen molar-refractivity contribution in [2.24, 2.45) is 0 Å². The van der Waals surface area contributed by atoms with E-state index in [1.807, 2.05) is 0 Å². The van der Waals surface area contributed by atoms with E-state index in [2.05, 4.69) is 31.3 Å². The molecule has 514 valence electrons. The topological polar surface area (TPSA) is 307 Å². The van der Waals surface area contributed by atoms with E-state index in [9.17, 15) is 61.0 Å². The summed E-state index contributed by atoms with van der Waals surface area (Å²) in [7, 11) is 0. The highest BCUT2D eigenvalue weighted by Gasteiger charge is 2.53. The van der Waals surface area contributed by atoms with E-state index in [1.54, 1.807) is 0 Å². The second-order valence-corrected chi connectivity index (χ2v) is 25.7. The number of unbranched alkanes of at least 4 members (excludes halogenated alkanes) is 37. The van der Waals surface area contributed by atoms with Crippen molar-refractivity contribution in [1.82, 2.24) is 5.32 Å². The third kappa shape index (κ3) is 33.3. The largest absolute Gasteiger partial charge is 0.394 e. The predicted octanol–water partition coefficient (Wildman–Crippen LogP) is 9.28. The van der Waals surface area contributed by atoms with Crippen LogP contribution in [0.2, 0.25) is 0 Å². The zero-order chi connectivity index (χ0) is 63.3. The molecule has 3 saturated heterocycles. The highest BCUT2D eigenvalue weighted by molar-refractivity contribution is 5.76. The second-order valence-electron chi connectivity index (χ2n) is 25.7. The SMILES string of the molecule is CCCCCCCC/C=C\CCCCCCCCCCCC(=O)NC(COC1OC(CO)C(OC2OC(CO)C(OC3OC(CO)C(O)C(O)C3O)C(O)C2O)C(O)C1O)C(O)CCCCCCCCCCCCCCCCCCCCCCCCC. The van der Waals surface area contributed by atoms with Gasteiger partial charge in [0.1, 0.15) is 73.2 Å². The van der Waals surface area contributed by atoms with E-state index in [0.29, 0.717) is 12.8 Å². The molecule has 3 heterocycles. The van der Waals surface area contributed by atoms with Crippen LogP contribution in [-0.2, 0) is 33.2 Å². The summed E-state index contributed by atoms with van der Waals surface area (Å²) in [5, 5.41) is 121. The van der Waals surface area contributed by atoms with Crippen molar-refractivity contribution in [3.05, 3.63) is 12.2 Å². The molecule has 1 amide bonds. The first-order chi connectivity index (χ1) is 42.3. The molecule has 0 aromatic carbocycles. The molecule has 3 fully saturated rings. The molecule has 87 heavy (non-hydrogen) atoms. The minimum atomic E-state index is -1.97. The summed E-state index contributed by atoms with van der Waals surface area (Å²) >= 11 is 0. The van der Waals surface area contributed by atoms with Crippen molar-refractivity contribution >= 4 is 5.91 Å². The van der Waals surface area contributed by atoms with Crippen LogP contribution in [0.15, 0.2) is 12.2 Å². The fourth-order valence-corrected chi connectivity index (χ4v) is 12.3. The van der Waals surface area contributed by atoms with Crippen molar-refractivity contribution in [2.75, 3.05) is 26.4 Å². The van der Waals surface area contributed by atoms with Gasteiger partial charge in [0, 0.05) is 6.42 Å². The Labute approximate surface area is 525 Å². The summed E-state index contributed by atoms with van der Waals surface area (Å²) < 4.78 is 34.4. The minimum absolute atomic E-state index is 0.241. The fourth-order valence-electron chi connectivity index (χ4n) is 12.3. The first-order valence-electron chi connectivity index (χ1n) is 35.4. The monoisotopic (exact) mass is 1250 g/mol. The number of rotatable bonds is 55. The number of carbonyl (C=O) groups excluding carboxylic acids is 1. The summed E-state index contributed by atoms with van der Waals surface area (Å²) in [4.78, 5) is 13.4. The molecule has 0 radical (unpaired) electrons. The van der Waals surface area contributed by atoms with Crippen molar-refractivity contribution in [2.45, 2.75) is 388 Å². The minimum Gasteiger partial charge on any atom is -0.394 e. The van der Waals surface area contributed by atoms with Crippen molar-refractivity contribution in [3.8, 4) is 0 Å². The zero-order valence-electron chi connectivity index (χ0n) is 54.3. The molecular formula is C68H129NO18. The number of carbonyl (C=O) groups is 1. The summed E-state index contributed by atoms with van der Waals surface area (Å²) in [5.41, 5.74) is 0. The normalized spacial score (nSPS) is 28.6. The Bertz CT molecular complexity index is 1630. The Morgan fingerprint density at radius 2 is 0.724 bits per heavy atom. The molecular weight excluding hydrogens is 1120 g/mol. The van der Waals surface area contributed by atoms with Crippen molar-refractivity contribution in [1.29, 1.82) is 0 Å². The molecule has 17 atom stereocenters. The molecule has 3 aliphatic heterocycles. The van der Waals surface area contributed by atoms with Crippen LogP contribution in [0.5, 0.6) is 0 Å². The third-order valence-corrected chi connectivity index (χ3v) is 18.1. The van der Waals surface area contributed by atoms with E-state index in [-0.39, 0.29) is 18.9 Å². The lowest BCUT2D eigenvalue weighted by molar-refractivity contribution is -0.379.